The van der Waals surface area contributed by atoms with E-state index in [4.69, 9.17) is 4.74 Å². The summed E-state index contributed by atoms with van der Waals surface area (Å²) < 4.78 is 57.4. The number of aryl methyl sites for hydroxylation is 1. The minimum atomic E-state index is -1.54. The van der Waals surface area contributed by atoms with E-state index in [-0.39, 0.29) is 12.7 Å². The molecule has 0 N–H and O–H groups in total. The normalized spacial score (nSPS) is 10.6. The van der Waals surface area contributed by atoms with Crippen LogP contribution in [0, 0.1) is 30.2 Å². The zero-order valence-electron chi connectivity index (χ0n) is 10.0. The second-order valence-corrected chi connectivity index (χ2v) is 4.08. The van der Waals surface area contributed by atoms with Crippen LogP contribution >= 0.6 is 0 Å². The molecule has 2 aromatic carbocycles. The maximum absolute atomic E-state index is 13.3. The fourth-order valence-corrected chi connectivity index (χ4v) is 1.64. The first-order valence-corrected chi connectivity index (χ1v) is 5.50. The van der Waals surface area contributed by atoms with Crippen LogP contribution in [-0.4, -0.2) is 0 Å². The largest absolute Gasteiger partial charge is 0.483 e. The first-order chi connectivity index (χ1) is 8.99. The van der Waals surface area contributed by atoms with E-state index >= 15 is 0 Å². The van der Waals surface area contributed by atoms with Crippen molar-refractivity contribution in [3.63, 3.8) is 0 Å². The highest BCUT2D eigenvalue weighted by Gasteiger charge is 2.20. The Kier molecular flexibility index (Phi) is 3.74. The monoisotopic (exact) mass is 270 g/mol. The molecular weight excluding hydrogens is 260 g/mol. The van der Waals surface area contributed by atoms with E-state index in [1.165, 1.54) is 0 Å². The van der Waals surface area contributed by atoms with Crippen molar-refractivity contribution in [2.24, 2.45) is 0 Å². The van der Waals surface area contributed by atoms with Gasteiger partial charge < -0.3 is 4.74 Å². The van der Waals surface area contributed by atoms with Crippen molar-refractivity contribution >= 4 is 0 Å². The highest BCUT2D eigenvalue weighted by atomic mass is 19.2. The van der Waals surface area contributed by atoms with Gasteiger partial charge in [-0.15, -0.1) is 0 Å². The summed E-state index contributed by atoms with van der Waals surface area (Å²) in [5.41, 5.74) is 1.58. The summed E-state index contributed by atoms with van der Waals surface area (Å²) in [6.07, 6.45) is 0. The fourth-order valence-electron chi connectivity index (χ4n) is 1.64. The molecule has 19 heavy (non-hydrogen) atoms. The topological polar surface area (TPSA) is 9.23 Å². The lowest BCUT2D eigenvalue weighted by Crippen LogP contribution is -2.04. The van der Waals surface area contributed by atoms with Gasteiger partial charge in [0.1, 0.15) is 6.61 Å². The molecule has 0 spiro atoms. The third-order valence-corrected chi connectivity index (χ3v) is 2.54. The lowest BCUT2D eigenvalue weighted by Gasteiger charge is -2.09. The van der Waals surface area contributed by atoms with Crippen LogP contribution in [0.1, 0.15) is 11.1 Å². The van der Waals surface area contributed by atoms with E-state index in [0.29, 0.717) is 5.56 Å². The van der Waals surface area contributed by atoms with Crippen LogP contribution < -0.4 is 4.74 Å². The molecule has 0 amide bonds. The number of halogens is 4. The van der Waals surface area contributed by atoms with E-state index in [2.05, 4.69) is 0 Å². The van der Waals surface area contributed by atoms with Gasteiger partial charge >= 0.3 is 0 Å². The molecule has 0 fully saturated rings. The number of rotatable bonds is 3. The lowest BCUT2D eigenvalue weighted by molar-refractivity contribution is 0.261. The van der Waals surface area contributed by atoms with Crippen LogP contribution in [0.15, 0.2) is 30.3 Å². The summed E-state index contributed by atoms with van der Waals surface area (Å²) in [7, 11) is 0. The Morgan fingerprint density at radius 3 is 2.16 bits per heavy atom. The molecule has 2 rings (SSSR count). The Morgan fingerprint density at radius 1 is 0.947 bits per heavy atom. The average molecular weight is 270 g/mol. The van der Waals surface area contributed by atoms with Gasteiger partial charge in [-0.3, -0.25) is 0 Å². The van der Waals surface area contributed by atoms with Crippen molar-refractivity contribution in [1.82, 2.24) is 0 Å². The van der Waals surface area contributed by atoms with Crippen LogP contribution in [-0.2, 0) is 6.61 Å². The predicted molar refractivity (Wildman–Crippen MR) is 61.8 cm³/mol. The maximum atomic E-state index is 13.3. The average Bonchev–Trinajstić information content (AvgIpc) is 2.36. The number of ether oxygens (including phenoxy) is 1. The Balaban J connectivity index is 2.25. The lowest BCUT2D eigenvalue weighted by atomic mass is 10.1. The van der Waals surface area contributed by atoms with E-state index < -0.39 is 29.0 Å². The second-order valence-electron chi connectivity index (χ2n) is 4.08. The molecule has 100 valence electrons. The molecule has 2 aromatic rings. The summed E-state index contributed by atoms with van der Waals surface area (Å²) >= 11 is 0. The Bertz CT molecular complexity index is 584. The van der Waals surface area contributed by atoms with Crippen molar-refractivity contribution in [1.29, 1.82) is 0 Å². The summed E-state index contributed by atoms with van der Waals surface area (Å²) in [6.45, 7) is 1.66. The Hall–Kier alpha value is -2.04. The number of benzene rings is 2. The highest BCUT2D eigenvalue weighted by molar-refractivity contribution is 5.29. The Morgan fingerprint density at radius 2 is 1.58 bits per heavy atom. The molecule has 0 saturated carbocycles. The Labute approximate surface area is 107 Å². The van der Waals surface area contributed by atoms with Crippen molar-refractivity contribution in [2.45, 2.75) is 13.5 Å². The van der Waals surface area contributed by atoms with Gasteiger partial charge in [-0.2, -0.15) is 8.78 Å². The van der Waals surface area contributed by atoms with Crippen molar-refractivity contribution in [3.8, 4) is 5.75 Å². The molecule has 0 aromatic heterocycles. The first-order valence-electron chi connectivity index (χ1n) is 5.50. The molecule has 0 saturated heterocycles. The number of hydrogen-bond donors (Lipinski definition) is 0. The van der Waals surface area contributed by atoms with E-state index in [1.54, 1.807) is 18.2 Å². The van der Waals surface area contributed by atoms with Gasteiger partial charge in [0, 0.05) is 6.07 Å². The molecule has 0 aliphatic rings. The van der Waals surface area contributed by atoms with Gasteiger partial charge in [0.05, 0.1) is 0 Å². The van der Waals surface area contributed by atoms with Crippen LogP contribution in [0.4, 0.5) is 17.6 Å². The molecule has 0 aliphatic heterocycles. The zero-order valence-corrected chi connectivity index (χ0v) is 10.0. The molecule has 0 radical (unpaired) electrons. The third-order valence-electron chi connectivity index (χ3n) is 2.54. The summed E-state index contributed by atoms with van der Waals surface area (Å²) in [4.78, 5) is 0. The maximum Gasteiger partial charge on any atom is 0.203 e. The van der Waals surface area contributed by atoms with Crippen molar-refractivity contribution in [2.75, 3.05) is 0 Å². The standard InChI is InChI=1S/C14H10F4O/c1-8-3-2-4-9(5-8)7-19-14-12(17)10(15)6-11(16)13(14)18/h2-6H,7H2,1H3. The van der Waals surface area contributed by atoms with Crippen molar-refractivity contribution < 1.29 is 22.3 Å². The minimum absolute atomic E-state index is 0.143. The third kappa shape index (κ3) is 2.86. The first kappa shape index (κ1) is 13.4. The second kappa shape index (κ2) is 5.30. The fraction of sp³-hybridized carbons (Fsp3) is 0.143. The molecule has 0 unspecified atom stereocenters. The van der Waals surface area contributed by atoms with E-state index in [9.17, 15) is 17.6 Å². The van der Waals surface area contributed by atoms with E-state index in [0.717, 1.165) is 5.56 Å². The SMILES string of the molecule is Cc1cccc(COc2c(F)c(F)cc(F)c2F)c1. The van der Waals surface area contributed by atoms with Gasteiger partial charge in [0.25, 0.3) is 0 Å². The molecule has 1 nitrogen and oxygen atoms in total. The summed E-state index contributed by atoms with van der Waals surface area (Å²) in [5.74, 6) is -7.09. The summed E-state index contributed by atoms with van der Waals surface area (Å²) in [5, 5.41) is 0. The summed E-state index contributed by atoms with van der Waals surface area (Å²) in [6, 6.07) is 7.15. The predicted octanol–water partition coefficient (Wildman–Crippen LogP) is 4.13. The van der Waals surface area contributed by atoms with Gasteiger partial charge in [-0.25, -0.2) is 8.78 Å². The van der Waals surface area contributed by atoms with Crippen LogP contribution in [0.5, 0.6) is 5.75 Å². The van der Waals surface area contributed by atoms with Crippen molar-refractivity contribution in [3.05, 3.63) is 64.7 Å². The molecule has 0 aliphatic carbocycles. The van der Waals surface area contributed by atoms with E-state index in [1.807, 2.05) is 13.0 Å². The zero-order chi connectivity index (χ0) is 14.0. The van der Waals surface area contributed by atoms with Crippen LogP contribution in [0.25, 0.3) is 0 Å². The molecular formula is C14H10F4O. The quantitative estimate of drug-likeness (QED) is 0.602. The smallest absolute Gasteiger partial charge is 0.203 e. The van der Waals surface area contributed by atoms with Crippen LogP contribution in [0.3, 0.4) is 0 Å². The minimum Gasteiger partial charge on any atom is -0.483 e. The van der Waals surface area contributed by atoms with Gasteiger partial charge in [-0.05, 0) is 12.5 Å². The highest BCUT2D eigenvalue weighted by Crippen LogP contribution is 2.27. The number of hydrogen-bond acceptors (Lipinski definition) is 1. The molecule has 0 bridgehead atoms. The van der Waals surface area contributed by atoms with Gasteiger partial charge in [0.15, 0.2) is 17.4 Å². The molecule has 0 heterocycles. The van der Waals surface area contributed by atoms with Gasteiger partial charge in [0.2, 0.25) is 11.6 Å². The molecule has 5 heteroatoms. The molecule has 0 atom stereocenters. The van der Waals surface area contributed by atoms with Gasteiger partial charge in [-0.1, -0.05) is 29.8 Å². The van der Waals surface area contributed by atoms with Crippen LogP contribution in [0.2, 0.25) is 0 Å².